The molecule has 0 bridgehead atoms. The van der Waals surface area contributed by atoms with Gasteiger partial charge in [0.05, 0.1) is 28.8 Å². The van der Waals surface area contributed by atoms with Crippen LogP contribution >= 0.6 is 23.2 Å². The second-order valence-electron chi connectivity index (χ2n) is 7.14. The molecule has 4 aromatic rings. The zero-order valence-electron chi connectivity index (χ0n) is 17.3. The van der Waals surface area contributed by atoms with Gasteiger partial charge in [-0.3, -0.25) is 0 Å². The standard InChI is InChI=1S/C27H19Cl2NO2/c1-31-27-14-18(13-22(16-30)20-10-11-24(28)25(29)15-20)9-12-26(27)32-17-21-7-4-6-19-5-2-3-8-23(19)21/h2-15H,17H2,1H3/b22-13-. The Balaban J connectivity index is 1.59. The van der Waals surface area contributed by atoms with E-state index in [9.17, 15) is 5.26 Å². The highest BCUT2D eigenvalue weighted by molar-refractivity contribution is 6.42. The number of ether oxygens (including phenoxy) is 2. The van der Waals surface area contributed by atoms with E-state index in [-0.39, 0.29) is 0 Å². The highest BCUT2D eigenvalue weighted by Crippen LogP contribution is 2.32. The lowest BCUT2D eigenvalue weighted by Gasteiger charge is -2.13. The van der Waals surface area contributed by atoms with E-state index < -0.39 is 0 Å². The molecule has 0 N–H and O–H groups in total. The van der Waals surface area contributed by atoms with Crippen molar-refractivity contribution >= 4 is 45.6 Å². The maximum atomic E-state index is 9.63. The van der Waals surface area contributed by atoms with Gasteiger partial charge in [0.1, 0.15) is 6.61 Å². The van der Waals surface area contributed by atoms with Crippen molar-refractivity contribution in [2.75, 3.05) is 7.11 Å². The predicted octanol–water partition coefficient (Wildman–Crippen LogP) is 7.80. The molecule has 0 spiro atoms. The molecule has 4 rings (SSSR count). The van der Waals surface area contributed by atoms with Gasteiger partial charge in [-0.1, -0.05) is 77.8 Å². The molecule has 0 aliphatic rings. The fourth-order valence-corrected chi connectivity index (χ4v) is 3.78. The fourth-order valence-electron chi connectivity index (χ4n) is 3.48. The maximum Gasteiger partial charge on any atom is 0.161 e. The van der Waals surface area contributed by atoms with Gasteiger partial charge < -0.3 is 9.47 Å². The largest absolute Gasteiger partial charge is 0.493 e. The number of hydrogen-bond donors (Lipinski definition) is 0. The Kier molecular flexibility index (Phi) is 6.66. The van der Waals surface area contributed by atoms with E-state index in [1.165, 1.54) is 5.39 Å². The molecule has 0 aliphatic carbocycles. The summed E-state index contributed by atoms with van der Waals surface area (Å²) in [6.07, 6.45) is 1.77. The first-order chi connectivity index (χ1) is 15.6. The zero-order chi connectivity index (χ0) is 22.5. The monoisotopic (exact) mass is 459 g/mol. The summed E-state index contributed by atoms with van der Waals surface area (Å²) < 4.78 is 11.6. The van der Waals surface area contributed by atoms with Crippen molar-refractivity contribution in [1.82, 2.24) is 0 Å². The summed E-state index contributed by atoms with van der Waals surface area (Å²) in [5.41, 5.74) is 3.06. The van der Waals surface area contributed by atoms with E-state index >= 15 is 0 Å². The minimum atomic E-state index is 0.403. The van der Waals surface area contributed by atoms with Gasteiger partial charge in [-0.25, -0.2) is 0 Å². The van der Waals surface area contributed by atoms with Crippen molar-refractivity contribution in [3.8, 4) is 17.6 Å². The van der Waals surface area contributed by atoms with Crippen LogP contribution in [0.5, 0.6) is 11.5 Å². The van der Waals surface area contributed by atoms with Crippen molar-refractivity contribution in [2.45, 2.75) is 6.61 Å². The summed E-state index contributed by atoms with van der Waals surface area (Å²) in [6, 6.07) is 27.3. The van der Waals surface area contributed by atoms with Crippen LogP contribution in [-0.2, 0) is 6.61 Å². The van der Waals surface area contributed by atoms with Crippen LogP contribution in [0.25, 0.3) is 22.4 Å². The van der Waals surface area contributed by atoms with E-state index in [1.54, 1.807) is 31.4 Å². The maximum absolute atomic E-state index is 9.63. The Labute approximate surface area is 197 Å². The van der Waals surface area contributed by atoms with Gasteiger partial charge in [-0.15, -0.1) is 0 Å². The molecule has 0 unspecified atom stereocenters. The van der Waals surface area contributed by atoms with Crippen LogP contribution in [0.3, 0.4) is 0 Å². The Hall–Kier alpha value is -3.45. The van der Waals surface area contributed by atoms with Gasteiger partial charge >= 0.3 is 0 Å². The number of fused-ring (bicyclic) bond motifs is 1. The lowest BCUT2D eigenvalue weighted by molar-refractivity contribution is 0.285. The molecule has 3 nitrogen and oxygen atoms in total. The number of allylic oxidation sites excluding steroid dienone is 1. The quantitative estimate of drug-likeness (QED) is 0.218. The van der Waals surface area contributed by atoms with Crippen molar-refractivity contribution < 1.29 is 9.47 Å². The van der Waals surface area contributed by atoms with Crippen LogP contribution in [0.4, 0.5) is 0 Å². The van der Waals surface area contributed by atoms with E-state index in [4.69, 9.17) is 32.7 Å². The Bertz CT molecular complexity index is 1350. The smallest absolute Gasteiger partial charge is 0.161 e. The summed E-state index contributed by atoms with van der Waals surface area (Å²) in [5.74, 6) is 1.22. The highest BCUT2D eigenvalue weighted by Gasteiger charge is 2.09. The molecule has 0 saturated carbocycles. The van der Waals surface area contributed by atoms with Crippen LogP contribution in [0.15, 0.2) is 78.9 Å². The van der Waals surface area contributed by atoms with Crippen LogP contribution < -0.4 is 9.47 Å². The number of rotatable bonds is 6. The molecule has 4 aromatic carbocycles. The van der Waals surface area contributed by atoms with Crippen LogP contribution in [0.1, 0.15) is 16.7 Å². The number of nitrogens with zero attached hydrogens (tertiary/aromatic N) is 1. The third kappa shape index (κ3) is 4.73. The Morgan fingerprint density at radius 3 is 2.50 bits per heavy atom. The van der Waals surface area contributed by atoms with Crippen molar-refractivity contribution in [2.24, 2.45) is 0 Å². The van der Waals surface area contributed by atoms with Crippen LogP contribution in [0, 0.1) is 11.3 Å². The van der Waals surface area contributed by atoms with Crippen LogP contribution in [0.2, 0.25) is 10.0 Å². The molecule has 0 radical (unpaired) electrons. The van der Waals surface area contributed by atoms with Gasteiger partial charge in [0.2, 0.25) is 0 Å². The highest BCUT2D eigenvalue weighted by atomic mass is 35.5. The molecule has 0 aliphatic heterocycles. The summed E-state index contributed by atoms with van der Waals surface area (Å²) in [7, 11) is 1.60. The topological polar surface area (TPSA) is 42.2 Å². The van der Waals surface area contributed by atoms with Gasteiger partial charge in [0, 0.05) is 0 Å². The lowest BCUT2D eigenvalue weighted by Crippen LogP contribution is -1.98. The number of halogens is 2. The van der Waals surface area contributed by atoms with Crippen molar-refractivity contribution in [3.05, 3.63) is 106 Å². The first kappa shape index (κ1) is 21.8. The third-order valence-corrected chi connectivity index (χ3v) is 5.85. The SMILES string of the molecule is COc1cc(/C=C(/C#N)c2ccc(Cl)c(Cl)c2)ccc1OCc1cccc2ccccc12. The molecule has 0 fully saturated rings. The Morgan fingerprint density at radius 1 is 0.906 bits per heavy atom. The zero-order valence-corrected chi connectivity index (χ0v) is 18.8. The fraction of sp³-hybridized carbons (Fsp3) is 0.0741. The van der Waals surface area contributed by atoms with Crippen molar-refractivity contribution in [1.29, 1.82) is 5.26 Å². The molecule has 158 valence electrons. The molecule has 0 amide bonds. The molecule has 0 atom stereocenters. The average molecular weight is 460 g/mol. The third-order valence-electron chi connectivity index (χ3n) is 5.11. The van der Waals surface area contributed by atoms with E-state index in [1.807, 2.05) is 36.4 Å². The average Bonchev–Trinajstić information content (AvgIpc) is 2.83. The second kappa shape index (κ2) is 9.78. The minimum Gasteiger partial charge on any atom is -0.493 e. The number of benzene rings is 4. The van der Waals surface area contributed by atoms with Gasteiger partial charge in [0.15, 0.2) is 11.5 Å². The van der Waals surface area contributed by atoms with Gasteiger partial charge in [-0.05, 0) is 57.8 Å². The first-order valence-corrected chi connectivity index (χ1v) is 10.7. The summed E-state index contributed by atoms with van der Waals surface area (Å²) in [5, 5.41) is 12.8. The minimum absolute atomic E-state index is 0.403. The number of nitriles is 1. The molecular formula is C27H19Cl2NO2. The molecular weight excluding hydrogens is 441 g/mol. The molecule has 0 aromatic heterocycles. The first-order valence-electron chi connectivity index (χ1n) is 9.94. The van der Waals surface area contributed by atoms with Gasteiger partial charge in [0.25, 0.3) is 0 Å². The summed E-state index contributed by atoms with van der Waals surface area (Å²) >= 11 is 12.1. The predicted molar refractivity (Wildman–Crippen MR) is 131 cm³/mol. The molecule has 0 saturated heterocycles. The summed E-state index contributed by atoms with van der Waals surface area (Å²) in [6.45, 7) is 0.416. The molecule has 0 heterocycles. The van der Waals surface area contributed by atoms with Gasteiger partial charge in [-0.2, -0.15) is 5.26 Å². The Morgan fingerprint density at radius 2 is 1.72 bits per heavy atom. The van der Waals surface area contributed by atoms with E-state index in [0.29, 0.717) is 39.3 Å². The second-order valence-corrected chi connectivity index (χ2v) is 7.95. The van der Waals surface area contributed by atoms with Crippen molar-refractivity contribution in [3.63, 3.8) is 0 Å². The normalized spacial score (nSPS) is 11.2. The van der Waals surface area contributed by atoms with Crippen LogP contribution in [-0.4, -0.2) is 7.11 Å². The lowest BCUT2D eigenvalue weighted by atomic mass is 10.0. The summed E-state index contributed by atoms with van der Waals surface area (Å²) in [4.78, 5) is 0. The number of hydrogen-bond acceptors (Lipinski definition) is 3. The molecule has 32 heavy (non-hydrogen) atoms. The van der Waals surface area contributed by atoms with E-state index in [2.05, 4.69) is 30.3 Å². The number of methoxy groups -OCH3 is 1. The van der Waals surface area contributed by atoms with E-state index in [0.717, 1.165) is 16.5 Å². The molecule has 5 heteroatoms.